The van der Waals surface area contributed by atoms with Crippen molar-refractivity contribution >= 4 is 40.2 Å². The molecular weight excluding hydrogens is 392 g/mol. The summed E-state index contributed by atoms with van der Waals surface area (Å²) in [4.78, 5) is 19.8. The predicted octanol–water partition coefficient (Wildman–Crippen LogP) is 4.46. The Balaban J connectivity index is 1.29. The lowest BCUT2D eigenvalue weighted by molar-refractivity contribution is -0.118. The van der Waals surface area contributed by atoms with Crippen LogP contribution in [0.5, 0.6) is 0 Å². The van der Waals surface area contributed by atoms with Gasteiger partial charge in [0.2, 0.25) is 5.91 Å². The summed E-state index contributed by atoms with van der Waals surface area (Å²) in [5, 5.41) is 5.65. The van der Waals surface area contributed by atoms with E-state index in [1.165, 1.54) is 22.7 Å². The Morgan fingerprint density at radius 2 is 2.00 bits per heavy atom. The number of thioether (sulfide) groups is 1. The van der Waals surface area contributed by atoms with Gasteiger partial charge in [0.05, 0.1) is 5.75 Å². The molecule has 7 heteroatoms. The molecule has 5 nitrogen and oxygen atoms in total. The van der Waals surface area contributed by atoms with Gasteiger partial charge in [-0.3, -0.25) is 9.36 Å². The molecule has 2 aromatic heterocycles. The lowest BCUT2D eigenvalue weighted by Gasteiger charge is -2.08. The van der Waals surface area contributed by atoms with E-state index in [4.69, 9.17) is 11.6 Å². The maximum Gasteiger partial charge on any atom is 0.230 e. The largest absolute Gasteiger partial charge is 0.361 e. The molecule has 142 valence electrons. The van der Waals surface area contributed by atoms with Gasteiger partial charge < -0.3 is 10.3 Å². The summed E-state index contributed by atoms with van der Waals surface area (Å²) < 4.78 is 1.94. The zero-order valence-electron chi connectivity index (χ0n) is 15.1. The average molecular weight is 411 g/mol. The van der Waals surface area contributed by atoms with E-state index in [1.807, 2.05) is 53.4 Å². The van der Waals surface area contributed by atoms with Crippen molar-refractivity contribution in [3.8, 4) is 5.69 Å². The minimum Gasteiger partial charge on any atom is -0.361 e. The molecule has 0 unspecified atom stereocenters. The summed E-state index contributed by atoms with van der Waals surface area (Å²) in [6.07, 6.45) is 6.40. The van der Waals surface area contributed by atoms with Crippen molar-refractivity contribution in [2.45, 2.75) is 11.6 Å². The van der Waals surface area contributed by atoms with Gasteiger partial charge in [0.1, 0.15) is 0 Å². The second kappa shape index (κ2) is 8.54. The van der Waals surface area contributed by atoms with Crippen LogP contribution < -0.4 is 5.32 Å². The van der Waals surface area contributed by atoms with Gasteiger partial charge in [0, 0.05) is 46.7 Å². The maximum absolute atomic E-state index is 12.2. The summed E-state index contributed by atoms with van der Waals surface area (Å²) in [5.74, 6) is 0.314. The van der Waals surface area contributed by atoms with Crippen molar-refractivity contribution in [3.05, 3.63) is 77.7 Å². The summed E-state index contributed by atoms with van der Waals surface area (Å²) in [6, 6.07) is 15.7. The number of nitrogens with zero attached hydrogens (tertiary/aromatic N) is 2. The number of amides is 1. The van der Waals surface area contributed by atoms with Gasteiger partial charge in [0.25, 0.3) is 0 Å². The van der Waals surface area contributed by atoms with Crippen molar-refractivity contribution in [2.75, 3.05) is 12.3 Å². The van der Waals surface area contributed by atoms with Crippen LogP contribution in [0.4, 0.5) is 0 Å². The van der Waals surface area contributed by atoms with Crippen LogP contribution in [0.3, 0.4) is 0 Å². The Labute approximate surface area is 172 Å². The molecule has 0 aliphatic heterocycles. The first kappa shape index (κ1) is 18.7. The molecular formula is C21H19ClN4OS. The number of hydrogen-bond donors (Lipinski definition) is 2. The third-order valence-corrected chi connectivity index (χ3v) is 5.65. The number of fused-ring (bicyclic) bond motifs is 1. The van der Waals surface area contributed by atoms with Gasteiger partial charge in [-0.1, -0.05) is 41.6 Å². The number of imidazole rings is 1. The number of aromatic nitrogens is 3. The minimum absolute atomic E-state index is 0.00417. The summed E-state index contributed by atoms with van der Waals surface area (Å²) in [5.41, 5.74) is 3.29. The SMILES string of the molecule is O=C(CSc1nccn1-c1ccc(Cl)cc1)NCCc1c[nH]c2ccccc12. The third-order valence-electron chi connectivity index (χ3n) is 4.44. The Bertz CT molecular complexity index is 1090. The van der Waals surface area contributed by atoms with Gasteiger partial charge in [0.15, 0.2) is 5.16 Å². The van der Waals surface area contributed by atoms with Crippen molar-refractivity contribution in [3.63, 3.8) is 0 Å². The molecule has 4 rings (SSSR count). The van der Waals surface area contributed by atoms with E-state index in [2.05, 4.69) is 27.4 Å². The molecule has 0 saturated carbocycles. The highest BCUT2D eigenvalue weighted by molar-refractivity contribution is 7.99. The minimum atomic E-state index is -0.00417. The smallest absolute Gasteiger partial charge is 0.230 e. The predicted molar refractivity (Wildman–Crippen MR) is 114 cm³/mol. The Morgan fingerprint density at radius 1 is 1.18 bits per heavy atom. The molecule has 1 amide bonds. The number of H-pyrrole nitrogens is 1. The van der Waals surface area contributed by atoms with Gasteiger partial charge >= 0.3 is 0 Å². The molecule has 28 heavy (non-hydrogen) atoms. The Kier molecular flexibility index (Phi) is 5.69. The Hall–Kier alpha value is -2.70. The molecule has 0 aliphatic rings. The molecule has 2 aromatic carbocycles. The first-order chi connectivity index (χ1) is 13.7. The monoisotopic (exact) mass is 410 g/mol. The zero-order valence-corrected chi connectivity index (χ0v) is 16.6. The molecule has 0 spiro atoms. The highest BCUT2D eigenvalue weighted by atomic mass is 35.5. The van der Waals surface area contributed by atoms with E-state index < -0.39 is 0 Å². The van der Waals surface area contributed by atoms with Crippen LogP contribution in [-0.2, 0) is 11.2 Å². The number of benzene rings is 2. The quantitative estimate of drug-likeness (QED) is 0.442. The van der Waals surface area contributed by atoms with E-state index in [9.17, 15) is 4.79 Å². The fourth-order valence-corrected chi connectivity index (χ4v) is 3.98. The number of hydrogen-bond acceptors (Lipinski definition) is 3. The summed E-state index contributed by atoms with van der Waals surface area (Å²) in [7, 11) is 0. The number of rotatable bonds is 7. The lowest BCUT2D eigenvalue weighted by atomic mass is 10.1. The molecule has 0 saturated heterocycles. The van der Waals surface area contributed by atoms with Gasteiger partial charge in [-0.2, -0.15) is 0 Å². The molecule has 0 atom stereocenters. The van der Waals surface area contributed by atoms with Crippen LogP contribution in [-0.4, -0.2) is 32.7 Å². The topological polar surface area (TPSA) is 62.7 Å². The lowest BCUT2D eigenvalue weighted by Crippen LogP contribution is -2.27. The molecule has 0 fully saturated rings. The van der Waals surface area contributed by atoms with E-state index in [0.717, 1.165) is 22.8 Å². The second-order valence-electron chi connectivity index (χ2n) is 6.30. The van der Waals surface area contributed by atoms with Crippen LogP contribution >= 0.6 is 23.4 Å². The van der Waals surface area contributed by atoms with Crippen molar-refractivity contribution in [1.29, 1.82) is 0 Å². The van der Waals surface area contributed by atoms with Crippen LogP contribution in [0.2, 0.25) is 5.02 Å². The number of carbonyl (C=O) groups is 1. The highest BCUT2D eigenvalue weighted by Crippen LogP contribution is 2.22. The third kappa shape index (κ3) is 4.24. The van der Waals surface area contributed by atoms with Gasteiger partial charge in [-0.05, 0) is 42.3 Å². The highest BCUT2D eigenvalue weighted by Gasteiger charge is 2.09. The van der Waals surface area contributed by atoms with Crippen molar-refractivity contribution in [1.82, 2.24) is 19.9 Å². The first-order valence-electron chi connectivity index (χ1n) is 8.94. The van der Waals surface area contributed by atoms with Crippen LogP contribution in [0.15, 0.2) is 72.3 Å². The van der Waals surface area contributed by atoms with E-state index in [0.29, 0.717) is 17.3 Å². The Morgan fingerprint density at radius 3 is 2.86 bits per heavy atom. The first-order valence-corrected chi connectivity index (χ1v) is 10.3. The number of carbonyl (C=O) groups excluding carboxylic acids is 1. The van der Waals surface area contributed by atoms with Gasteiger partial charge in [-0.15, -0.1) is 0 Å². The maximum atomic E-state index is 12.2. The number of halogens is 1. The van der Waals surface area contributed by atoms with Crippen molar-refractivity contribution < 1.29 is 4.79 Å². The molecule has 4 aromatic rings. The van der Waals surface area contributed by atoms with Crippen molar-refractivity contribution in [2.24, 2.45) is 0 Å². The number of nitrogens with one attached hydrogen (secondary N) is 2. The zero-order chi connectivity index (χ0) is 19.3. The molecule has 0 radical (unpaired) electrons. The van der Waals surface area contributed by atoms with E-state index in [1.54, 1.807) is 6.20 Å². The van der Waals surface area contributed by atoms with E-state index in [-0.39, 0.29) is 5.91 Å². The summed E-state index contributed by atoms with van der Waals surface area (Å²) >= 11 is 7.36. The molecule has 0 bridgehead atoms. The van der Waals surface area contributed by atoms with E-state index >= 15 is 0 Å². The average Bonchev–Trinajstić information content (AvgIpc) is 3.34. The molecule has 2 heterocycles. The molecule has 2 N–H and O–H groups in total. The fraction of sp³-hybridized carbons (Fsp3) is 0.143. The van der Waals surface area contributed by atoms with Crippen LogP contribution in [0.25, 0.3) is 16.6 Å². The number of aromatic amines is 1. The standard InChI is InChI=1S/C21H19ClN4OS/c22-16-5-7-17(8-6-16)26-12-11-24-21(26)28-14-20(27)23-10-9-15-13-25-19-4-2-1-3-18(15)19/h1-8,11-13,25H,9-10,14H2,(H,23,27). The summed E-state index contributed by atoms with van der Waals surface area (Å²) in [6.45, 7) is 0.604. The second-order valence-corrected chi connectivity index (χ2v) is 7.68. The van der Waals surface area contributed by atoms with Crippen LogP contribution in [0, 0.1) is 0 Å². The normalized spacial score (nSPS) is 11.0. The van der Waals surface area contributed by atoms with Gasteiger partial charge in [-0.25, -0.2) is 4.98 Å². The molecule has 0 aliphatic carbocycles. The van der Waals surface area contributed by atoms with Crippen LogP contribution in [0.1, 0.15) is 5.56 Å². The number of para-hydroxylation sites is 1. The fourth-order valence-electron chi connectivity index (χ4n) is 3.05.